The number of hydrogen-bond acceptors (Lipinski definition) is 2. The van der Waals surface area contributed by atoms with Gasteiger partial charge in [0.1, 0.15) is 6.29 Å². The van der Waals surface area contributed by atoms with Gasteiger partial charge >= 0.3 is 0 Å². The molecule has 0 saturated carbocycles. The molecule has 0 spiro atoms. The van der Waals surface area contributed by atoms with Gasteiger partial charge in [-0.3, -0.25) is 9.59 Å². The zero-order chi connectivity index (χ0) is 17.7. The van der Waals surface area contributed by atoms with E-state index in [4.69, 9.17) is 0 Å². The van der Waals surface area contributed by atoms with Crippen molar-refractivity contribution < 1.29 is 9.59 Å². The summed E-state index contributed by atoms with van der Waals surface area (Å²) in [5.74, 6) is 0.501. The normalized spacial score (nSPS) is 20.5. The molecule has 0 fully saturated rings. The van der Waals surface area contributed by atoms with Crippen molar-refractivity contribution in [1.29, 1.82) is 0 Å². The number of carbonyl (C=O) groups excluding carboxylic acids is 2. The van der Waals surface area contributed by atoms with Crippen LogP contribution in [0.4, 0.5) is 0 Å². The minimum Gasteiger partial charge on any atom is -0.298 e. The Morgan fingerprint density at radius 3 is 2.00 bits per heavy atom. The van der Waals surface area contributed by atoms with E-state index in [1.54, 1.807) is 24.3 Å². The van der Waals surface area contributed by atoms with Crippen LogP contribution in [0.3, 0.4) is 0 Å². The highest BCUT2D eigenvalue weighted by Gasteiger charge is 2.48. The zero-order valence-corrected chi connectivity index (χ0v) is 15.0. The molecular formula is C22H24O2. The largest absolute Gasteiger partial charge is 0.298 e. The van der Waals surface area contributed by atoms with Gasteiger partial charge in [0.25, 0.3) is 0 Å². The molecule has 0 amide bonds. The van der Waals surface area contributed by atoms with Crippen LogP contribution in [-0.4, -0.2) is 12.1 Å². The molecule has 1 aliphatic carbocycles. The van der Waals surface area contributed by atoms with E-state index in [1.807, 2.05) is 6.07 Å². The van der Waals surface area contributed by atoms with Crippen molar-refractivity contribution in [2.75, 3.05) is 0 Å². The molecule has 24 heavy (non-hydrogen) atoms. The third kappa shape index (κ3) is 2.32. The summed E-state index contributed by atoms with van der Waals surface area (Å²) >= 11 is 0. The second-order valence-electron chi connectivity index (χ2n) is 7.99. The van der Waals surface area contributed by atoms with Crippen LogP contribution in [0.25, 0.3) is 0 Å². The maximum absolute atomic E-state index is 12.8. The monoisotopic (exact) mass is 320 g/mol. The summed E-state index contributed by atoms with van der Waals surface area (Å²) in [4.78, 5) is 23.6. The molecule has 0 heterocycles. The Hall–Kier alpha value is -2.22. The third-order valence-corrected chi connectivity index (χ3v) is 6.14. The number of benzene rings is 2. The van der Waals surface area contributed by atoms with Gasteiger partial charge in [-0.05, 0) is 33.9 Å². The summed E-state index contributed by atoms with van der Waals surface area (Å²) in [6.07, 6.45) is 0.787. The summed E-state index contributed by atoms with van der Waals surface area (Å²) in [7, 11) is 0. The van der Waals surface area contributed by atoms with Gasteiger partial charge < -0.3 is 0 Å². The van der Waals surface area contributed by atoms with Crippen molar-refractivity contribution in [3.8, 4) is 0 Å². The Bertz CT molecular complexity index is 810. The summed E-state index contributed by atoms with van der Waals surface area (Å²) < 4.78 is 0. The lowest BCUT2D eigenvalue weighted by Gasteiger charge is -2.32. The van der Waals surface area contributed by atoms with Gasteiger partial charge in [0.05, 0.1) is 0 Å². The summed E-state index contributed by atoms with van der Waals surface area (Å²) in [5.41, 5.74) is 4.66. The minimum absolute atomic E-state index is 0.00316. The fraction of sp³-hybridized carbons (Fsp3) is 0.364. The van der Waals surface area contributed by atoms with Gasteiger partial charge in [0.15, 0.2) is 5.78 Å². The van der Waals surface area contributed by atoms with Gasteiger partial charge in [-0.15, -0.1) is 0 Å². The van der Waals surface area contributed by atoms with Crippen molar-refractivity contribution in [3.63, 3.8) is 0 Å². The maximum Gasteiger partial charge on any atom is 0.193 e. The van der Waals surface area contributed by atoms with Crippen LogP contribution < -0.4 is 0 Å². The number of carbonyl (C=O) groups is 2. The SMILES string of the molecule is CC1C(C)(C)c2ccc(C(=O)c3ccc(C=O)cc3)cc2C1(C)C. The average Bonchev–Trinajstić information content (AvgIpc) is 2.72. The van der Waals surface area contributed by atoms with Crippen LogP contribution in [-0.2, 0) is 10.8 Å². The van der Waals surface area contributed by atoms with E-state index < -0.39 is 0 Å². The smallest absolute Gasteiger partial charge is 0.193 e. The summed E-state index contributed by atoms with van der Waals surface area (Å²) in [5, 5.41) is 0. The van der Waals surface area contributed by atoms with Crippen LogP contribution in [0, 0.1) is 5.92 Å². The molecule has 2 nitrogen and oxygen atoms in total. The molecule has 0 saturated heterocycles. The minimum atomic E-state index is 0.00316. The van der Waals surface area contributed by atoms with E-state index in [-0.39, 0.29) is 16.6 Å². The van der Waals surface area contributed by atoms with Crippen LogP contribution in [0.5, 0.6) is 0 Å². The van der Waals surface area contributed by atoms with Crippen molar-refractivity contribution in [2.24, 2.45) is 5.92 Å². The molecule has 1 unspecified atom stereocenters. The molecule has 2 aromatic rings. The summed E-state index contributed by atoms with van der Waals surface area (Å²) in [6, 6.07) is 12.9. The van der Waals surface area contributed by atoms with Crippen molar-refractivity contribution in [2.45, 2.75) is 45.4 Å². The fourth-order valence-electron chi connectivity index (χ4n) is 4.03. The third-order valence-electron chi connectivity index (χ3n) is 6.14. The molecule has 2 heteroatoms. The number of hydrogen-bond donors (Lipinski definition) is 0. The van der Waals surface area contributed by atoms with E-state index in [0.717, 1.165) is 6.29 Å². The first-order valence-corrected chi connectivity index (χ1v) is 8.44. The van der Waals surface area contributed by atoms with E-state index in [1.165, 1.54) is 11.1 Å². The highest BCUT2D eigenvalue weighted by Crippen LogP contribution is 2.53. The van der Waals surface area contributed by atoms with E-state index in [9.17, 15) is 9.59 Å². The number of aldehydes is 1. The maximum atomic E-state index is 12.8. The van der Waals surface area contributed by atoms with Crippen LogP contribution in [0.2, 0.25) is 0 Å². The van der Waals surface area contributed by atoms with Crippen LogP contribution >= 0.6 is 0 Å². The Balaban J connectivity index is 2.04. The van der Waals surface area contributed by atoms with Gasteiger partial charge in [-0.2, -0.15) is 0 Å². The standard InChI is InChI=1S/C22H24O2/c1-14-21(2,3)18-11-10-17(12-19(18)22(14,4)5)20(24)16-8-6-15(13-23)7-9-16/h6-14H,1-5H3. The fourth-order valence-corrected chi connectivity index (χ4v) is 4.03. The van der Waals surface area contributed by atoms with E-state index in [2.05, 4.69) is 46.8 Å². The Labute approximate surface area is 143 Å². The average molecular weight is 320 g/mol. The first kappa shape index (κ1) is 16.6. The van der Waals surface area contributed by atoms with Crippen LogP contribution in [0.1, 0.15) is 72.0 Å². The topological polar surface area (TPSA) is 34.1 Å². The highest BCUT2D eigenvalue weighted by atomic mass is 16.1. The van der Waals surface area contributed by atoms with Crippen molar-refractivity contribution >= 4 is 12.1 Å². The second-order valence-corrected chi connectivity index (χ2v) is 7.99. The molecule has 0 N–H and O–H groups in total. The zero-order valence-electron chi connectivity index (χ0n) is 15.0. The predicted octanol–water partition coefficient (Wildman–Crippen LogP) is 4.94. The molecule has 0 aromatic heterocycles. The first-order valence-electron chi connectivity index (χ1n) is 8.44. The van der Waals surface area contributed by atoms with Gasteiger partial charge in [-0.25, -0.2) is 0 Å². The lowest BCUT2D eigenvalue weighted by Crippen LogP contribution is -2.30. The lowest BCUT2D eigenvalue weighted by molar-refractivity contribution is 0.103. The molecule has 0 bridgehead atoms. The first-order chi connectivity index (χ1) is 11.2. The van der Waals surface area contributed by atoms with Gasteiger partial charge in [-0.1, -0.05) is 71.0 Å². The van der Waals surface area contributed by atoms with Crippen molar-refractivity contribution in [3.05, 3.63) is 70.3 Å². The number of rotatable bonds is 3. The highest BCUT2D eigenvalue weighted by molar-refractivity contribution is 6.09. The number of fused-ring (bicyclic) bond motifs is 1. The molecule has 1 aliphatic rings. The van der Waals surface area contributed by atoms with E-state index in [0.29, 0.717) is 22.6 Å². The van der Waals surface area contributed by atoms with Crippen LogP contribution in [0.15, 0.2) is 42.5 Å². The van der Waals surface area contributed by atoms with Gasteiger partial charge in [0.2, 0.25) is 0 Å². The molecule has 2 aromatic carbocycles. The Kier molecular flexibility index (Phi) is 3.75. The molecule has 0 radical (unpaired) electrons. The molecule has 124 valence electrons. The second kappa shape index (κ2) is 5.41. The molecule has 0 aliphatic heterocycles. The molecule has 1 atom stereocenters. The molecular weight excluding hydrogens is 296 g/mol. The van der Waals surface area contributed by atoms with Crippen molar-refractivity contribution in [1.82, 2.24) is 0 Å². The van der Waals surface area contributed by atoms with E-state index >= 15 is 0 Å². The quantitative estimate of drug-likeness (QED) is 0.593. The predicted molar refractivity (Wildman–Crippen MR) is 96.9 cm³/mol. The number of ketones is 1. The molecule has 3 rings (SSSR count). The Morgan fingerprint density at radius 1 is 0.875 bits per heavy atom. The Morgan fingerprint density at radius 2 is 1.42 bits per heavy atom. The van der Waals surface area contributed by atoms with Gasteiger partial charge in [0, 0.05) is 16.7 Å². The lowest BCUT2D eigenvalue weighted by atomic mass is 9.71. The summed E-state index contributed by atoms with van der Waals surface area (Å²) in [6.45, 7) is 11.4.